The van der Waals surface area contributed by atoms with Crippen LogP contribution < -0.4 is 9.03 Å². The highest BCUT2D eigenvalue weighted by molar-refractivity contribution is 7.92. The first-order valence-electron chi connectivity index (χ1n) is 9.89. The van der Waals surface area contributed by atoms with Gasteiger partial charge in [-0.05, 0) is 42.4 Å². The van der Waals surface area contributed by atoms with E-state index in [-0.39, 0.29) is 12.1 Å². The average Bonchev–Trinajstić information content (AvgIpc) is 2.93. The number of carbonyl (C=O) groups is 1. The molecule has 1 unspecified atom stereocenters. The van der Waals surface area contributed by atoms with E-state index in [1.807, 2.05) is 4.72 Å². The summed E-state index contributed by atoms with van der Waals surface area (Å²) in [5.74, 6) is -1.60. The van der Waals surface area contributed by atoms with E-state index in [9.17, 15) is 18.3 Å². The molecule has 4 rings (SSSR count). The Balaban J connectivity index is 1.64. The summed E-state index contributed by atoms with van der Waals surface area (Å²) in [5, 5.41) is 10.3. The van der Waals surface area contributed by atoms with Gasteiger partial charge in [0.1, 0.15) is 18.0 Å². The standard InChI is InChI=1S/C19H26FN3O5S/c1-11(2)16-9-22(5-6-28-16)13-4-3-12-7-15(24)19(18(20)14(12)8-13)23-10-17(25)21-29(23,26)27/h7,11,13,16,24H,3-6,8-10H2,1-2H3,(H,21,25)/t13?,16-/m0/s1. The van der Waals surface area contributed by atoms with E-state index >= 15 is 4.39 Å². The van der Waals surface area contributed by atoms with Crippen LogP contribution in [0.25, 0.3) is 0 Å². The van der Waals surface area contributed by atoms with Crippen molar-refractivity contribution in [2.24, 2.45) is 5.92 Å². The van der Waals surface area contributed by atoms with E-state index in [0.29, 0.717) is 40.8 Å². The molecule has 10 heteroatoms. The molecular formula is C19H26FN3O5S. The van der Waals surface area contributed by atoms with Gasteiger partial charge >= 0.3 is 10.2 Å². The normalized spacial score (nSPS) is 27.2. The molecule has 0 saturated carbocycles. The number of aryl methyl sites for hydroxylation is 1. The fraction of sp³-hybridized carbons (Fsp3) is 0.632. The Hall–Kier alpha value is -1.91. The number of rotatable bonds is 3. The molecule has 2 atom stereocenters. The summed E-state index contributed by atoms with van der Waals surface area (Å²) < 4.78 is 48.0. The summed E-state index contributed by atoms with van der Waals surface area (Å²) in [7, 11) is -4.20. The molecule has 0 bridgehead atoms. The van der Waals surface area contributed by atoms with Gasteiger partial charge in [0.25, 0.3) is 5.91 Å². The molecule has 2 N–H and O–H groups in total. The van der Waals surface area contributed by atoms with Crippen molar-refractivity contribution in [3.63, 3.8) is 0 Å². The predicted octanol–water partition coefficient (Wildman–Crippen LogP) is 0.926. The first-order chi connectivity index (χ1) is 13.7. The lowest BCUT2D eigenvalue weighted by Gasteiger charge is -2.41. The molecule has 29 heavy (non-hydrogen) atoms. The van der Waals surface area contributed by atoms with E-state index in [1.165, 1.54) is 6.07 Å². The smallest absolute Gasteiger partial charge is 0.326 e. The van der Waals surface area contributed by atoms with Gasteiger partial charge in [0.2, 0.25) is 0 Å². The number of phenols is 1. The molecule has 1 aliphatic carbocycles. The van der Waals surface area contributed by atoms with Crippen molar-refractivity contribution in [1.82, 2.24) is 9.62 Å². The van der Waals surface area contributed by atoms with Crippen LogP contribution in [-0.4, -0.2) is 62.7 Å². The van der Waals surface area contributed by atoms with Crippen molar-refractivity contribution in [3.05, 3.63) is 23.0 Å². The second-order valence-electron chi connectivity index (χ2n) is 8.28. The molecule has 2 heterocycles. The summed E-state index contributed by atoms with van der Waals surface area (Å²) in [5.41, 5.74) is 0.644. The monoisotopic (exact) mass is 427 g/mol. The molecule has 1 aromatic carbocycles. The van der Waals surface area contributed by atoms with Crippen molar-refractivity contribution in [2.45, 2.75) is 45.3 Å². The third-order valence-corrected chi connectivity index (χ3v) is 7.43. The third kappa shape index (κ3) is 3.69. The Bertz CT molecular complexity index is 936. The Morgan fingerprint density at radius 1 is 1.38 bits per heavy atom. The zero-order valence-electron chi connectivity index (χ0n) is 16.5. The average molecular weight is 427 g/mol. The zero-order chi connectivity index (χ0) is 20.9. The number of carbonyl (C=O) groups excluding carboxylic acids is 1. The molecule has 0 radical (unpaired) electrons. The van der Waals surface area contributed by atoms with Crippen LogP contribution in [0.3, 0.4) is 0 Å². The number of hydrogen-bond donors (Lipinski definition) is 2. The lowest BCUT2D eigenvalue weighted by Crippen LogP contribution is -2.50. The predicted molar refractivity (Wildman–Crippen MR) is 104 cm³/mol. The Labute approximate surface area is 169 Å². The van der Waals surface area contributed by atoms with Crippen LogP contribution in [0.5, 0.6) is 5.75 Å². The van der Waals surface area contributed by atoms with Gasteiger partial charge in [0.15, 0.2) is 5.82 Å². The highest BCUT2D eigenvalue weighted by Crippen LogP contribution is 2.40. The van der Waals surface area contributed by atoms with E-state index < -0.39 is 39.9 Å². The van der Waals surface area contributed by atoms with Crippen LogP contribution in [0.4, 0.5) is 10.1 Å². The summed E-state index contributed by atoms with van der Waals surface area (Å²) >= 11 is 0. The number of fused-ring (bicyclic) bond motifs is 1. The van der Waals surface area contributed by atoms with E-state index in [1.54, 1.807) is 0 Å². The lowest BCUT2D eigenvalue weighted by atomic mass is 9.85. The summed E-state index contributed by atoms with van der Waals surface area (Å²) in [6, 6.07) is 1.55. The number of ether oxygens (including phenoxy) is 1. The number of aromatic hydroxyl groups is 1. The Morgan fingerprint density at radius 2 is 2.14 bits per heavy atom. The zero-order valence-corrected chi connectivity index (χ0v) is 17.3. The van der Waals surface area contributed by atoms with Gasteiger partial charge in [-0.25, -0.2) is 13.4 Å². The second kappa shape index (κ2) is 7.41. The van der Waals surface area contributed by atoms with Crippen LogP contribution in [0.2, 0.25) is 0 Å². The molecule has 2 fully saturated rings. The molecule has 0 spiro atoms. The number of morpholine rings is 1. The highest BCUT2D eigenvalue weighted by atomic mass is 32.2. The first kappa shape index (κ1) is 20.4. The van der Waals surface area contributed by atoms with E-state index in [0.717, 1.165) is 19.5 Å². The van der Waals surface area contributed by atoms with Gasteiger partial charge in [0.05, 0.1) is 12.7 Å². The third-order valence-electron chi connectivity index (χ3n) is 6.06. The van der Waals surface area contributed by atoms with Gasteiger partial charge in [0, 0.05) is 19.1 Å². The molecule has 2 aliphatic heterocycles. The fourth-order valence-electron chi connectivity index (χ4n) is 4.45. The minimum Gasteiger partial charge on any atom is -0.506 e. The molecule has 1 amide bonds. The maximum atomic E-state index is 15.4. The van der Waals surface area contributed by atoms with Gasteiger partial charge in [-0.2, -0.15) is 8.42 Å². The van der Waals surface area contributed by atoms with E-state index in [4.69, 9.17) is 4.74 Å². The van der Waals surface area contributed by atoms with Crippen LogP contribution in [-0.2, 0) is 32.6 Å². The molecule has 1 aromatic rings. The number of nitrogens with one attached hydrogen (secondary N) is 1. The Morgan fingerprint density at radius 3 is 2.79 bits per heavy atom. The van der Waals surface area contributed by atoms with Gasteiger partial charge in [-0.15, -0.1) is 0 Å². The topological polar surface area (TPSA) is 99.2 Å². The number of hydrogen-bond acceptors (Lipinski definition) is 6. The van der Waals surface area contributed by atoms with E-state index in [2.05, 4.69) is 18.7 Å². The molecule has 0 aromatic heterocycles. The second-order valence-corrected chi connectivity index (χ2v) is 9.87. The lowest BCUT2D eigenvalue weighted by molar-refractivity contribution is -0.117. The number of halogens is 1. The van der Waals surface area contributed by atoms with Crippen LogP contribution in [0, 0.1) is 11.7 Å². The number of benzene rings is 1. The number of phenolic OH excluding ortho intramolecular Hbond substituents is 1. The van der Waals surface area contributed by atoms with Crippen molar-refractivity contribution < 1.29 is 27.4 Å². The first-order valence-corrected chi connectivity index (χ1v) is 11.3. The minimum absolute atomic E-state index is 0.120. The molecule has 2 saturated heterocycles. The van der Waals surface area contributed by atoms with Crippen molar-refractivity contribution in [2.75, 3.05) is 30.5 Å². The number of nitrogens with zero attached hydrogens (tertiary/aromatic N) is 2. The molecule has 3 aliphatic rings. The summed E-state index contributed by atoms with van der Waals surface area (Å²) in [6.45, 7) is 5.87. The largest absolute Gasteiger partial charge is 0.506 e. The maximum Gasteiger partial charge on any atom is 0.326 e. The highest BCUT2D eigenvalue weighted by Gasteiger charge is 2.39. The van der Waals surface area contributed by atoms with Crippen LogP contribution in [0.1, 0.15) is 31.4 Å². The fourth-order valence-corrected chi connectivity index (χ4v) is 5.61. The molecule has 160 valence electrons. The summed E-state index contributed by atoms with van der Waals surface area (Å²) in [4.78, 5) is 13.9. The quantitative estimate of drug-likeness (QED) is 0.745. The van der Waals surface area contributed by atoms with Gasteiger partial charge in [-0.1, -0.05) is 13.8 Å². The van der Waals surface area contributed by atoms with Crippen LogP contribution in [0.15, 0.2) is 6.07 Å². The maximum absolute atomic E-state index is 15.4. The van der Waals surface area contributed by atoms with Crippen LogP contribution >= 0.6 is 0 Å². The Kier molecular flexibility index (Phi) is 5.20. The number of amides is 1. The van der Waals surface area contributed by atoms with Crippen molar-refractivity contribution in [3.8, 4) is 5.75 Å². The minimum atomic E-state index is -4.20. The SMILES string of the molecule is CC(C)[C@@H]1CN(C2CCc3cc(O)c(N4CC(=O)NS4(=O)=O)c(F)c3C2)CCO1. The molecular weight excluding hydrogens is 401 g/mol. The van der Waals surface area contributed by atoms with Gasteiger partial charge < -0.3 is 9.84 Å². The van der Waals surface area contributed by atoms with Crippen molar-refractivity contribution >= 4 is 21.8 Å². The van der Waals surface area contributed by atoms with Crippen molar-refractivity contribution in [1.29, 1.82) is 0 Å². The van der Waals surface area contributed by atoms with Gasteiger partial charge in [-0.3, -0.25) is 9.69 Å². The number of anilines is 1. The summed E-state index contributed by atoms with van der Waals surface area (Å²) in [6.07, 6.45) is 1.99. The molecule has 8 nitrogen and oxygen atoms in total.